The Balaban J connectivity index is 1.41. The number of amides is 2. The Morgan fingerprint density at radius 1 is 1.06 bits per heavy atom. The fraction of sp³-hybridized carbons (Fsp3) is 0.429. The van der Waals surface area contributed by atoms with Crippen molar-refractivity contribution in [2.45, 2.75) is 56.9 Å². The van der Waals surface area contributed by atoms with E-state index in [1.54, 1.807) is 26.0 Å². The SMILES string of the molecule is COc1ccc(CCNC(=O)/C=C2\SC3CCCCC3N(Cc3ccc(C)cc3)C2=O)cc1OC. The number of methoxy groups -OCH3 is 2. The van der Waals surface area contributed by atoms with E-state index in [1.807, 2.05) is 23.1 Å². The quantitative estimate of drug-likeness (QED) is 0.542. The summed E-state index contributed by atoms with van der Waals surface area (Å²) in [7, 11) is 3.21. The Morgan fingerprint density at radius 2 is 1.77 bits per heavy atom. The molecule has 186 valence electrons. The first-order chi connectivity index (χ1) is 17.0. The number of thioether (sulfide) groups is 1. The lowest BCUT2D eigenvalue weighted by Crippen LogP contribution is -2.51. The molecule has 1 aliphatic carbocycles. The van der Waals surface area contributed by atoms with E-state index in [1.165, 1.54) is 18.1 Å². The standard InChI is InChI=1S/C28H34N2O4S/c1-19-8-10-21(11-9-19)18-30-22-6-4-5-7-25(22)35-26(28(30)32)17-27(31)29-15-14-20-12-13-23(33-2)24(16-20)34-3/h8-13,16-17,22,25H,4-7,14-15,18H2,1-3H3,(H,29,31)/b26-17-. The highest BCUT2D eigenvalue weighted by Crippen LogP contribution is 2.42. The predicted molar refractivity (Wildman–Crippen MR) is 140 cm³/mol. The van der Waals surface area contributed by atoms with Gasteiger partial charge in [0.25, 0.3) is 5.91 Å². The Morgan fingerprint density at radius 3 is 2.51 bits per heavy atom. The molecule has 1 N–H and O–H groups in total. The Labute approximate surface area is 212 Å². The zero-order valence-corrected chi connectivity index (χ0v) is 21.5. The van der Waals surface area contributed by atoms with E-state index >= 15 is 0 Å². The van der Waals surface area contributed by atoms with Crippen LogP contribution < -0.4 is 14.8 Å². The van der Waals surface area contributed by atoms with Crippen molar-refractivity contribution in [3.8, 4) is 11.5 Å². The first kappa shape index (κ1) is 25.2. The molecule has 7 heteroatoms. The zero-order chi connectivity index (χ0) is 24.8. The third-order valence-corrected chi connectivity index (χ3v) is 8.11. The van der Waals surface area contributed by atoms with Crippen molar-refractivity contribution in [2.75, 3.05) is 20.8 Å². The first-order valence-corrected chi connectivity index (χ1v) is 13.1. The Hall–Kier alpha value is -2.93. The van der Waals surface area contributed by atoms with Crippen LogP contribution >= 0.6 is 11.8 Å². The van der Waals surface area contributed by atoms with E-state index in [4.69, 9.17) is 9.47 Å². The van der Waals surface area contributed by atoms with Gasteiger partial charge < -0.3 is 19.7 Å². The normalized spacial score (nSPS) is 20.9. The molecule has 2 atom stereocenters. The molecule has 2 aromatic carbocycles. The minimum absolute atomic E-state index is 0.0336. The highest BCUT2D eigenvalue weighted by Gasteiger charge is 2.40. The maximum Gasteiger partial charge on any atom is 0.261 e. The van der Waals surface area contributed by atoms with Gasteiger partial charge in [0.2, 0.25) is 5.91 Å². The largest absolute Gasteiger partial charge is 0.493 e. The molecule has 2 aromatic rings. The summed E-state index contributed by atoms with van der Waals surface area (Å²) in [5.41, 5.74) is 3.36. The molecule has 35 heavy (non-hydrogen) atoms. The van der Waals surface area contributed by atoms with Gasteiger partial charge in [-0.2, -0.15) is 0 Å². The number of hydrogen-bond donors (Lipinski definition) is 1. The van der Waals surface area contributed by atoms with Crippen molar-refractivity contribution >= 4 is 23.6 Å². The van der Waals surface area contributed by atoms with Crippen molar-refractivity contribution in [2.24, 2.45) is 0 Å². The average molecular weight is 495 g/mol. The number of nitrogens with one attached hydrogen (secondary N) is 1. The van der Waals surface area contributed by atoms with Crippen LogP contribution in [0.5, 0.6) is 11.5 Å². The summed E-state index contributed by atoms with van der Waals surface area (Å²) in [5, 5.41) is 3.28. The molecule has 1 aliphatic heterocycles. The molecule has 6 nitrogen and oxygen atoms in total. The van der Waals surface area contributed by atoms with Crippen LogP contribution in [-0.4, -0.2) is 48.8 Å². The zero-order valence-electron chi connectivity index (χ0n) is 20.7. The molecule has 2 unspecified atom stereocenters. The number of ether oxygens (including phenoxy) is 2. The van der Waals surface area contributed by atoms with Crippen LogP contribution in [0.15, 0.2) is 53.4 Å². The summed E-state index contributed by atoms with van der Waals surface area (Å²) in [6.45, 7) is 3.11. The summed E-state index contributed by atoms with van der Waals surface area (Å²) in [5.74, 6) is 1.08. The van der Waals surface area contributed by atoms with Gasteiger partial charge in [-0.25, -0.2) is 0 Å². The van der Waals surface area contributed by atoms with Gasteiger partial charge >= 0.3 is 0 Å². The lowest BCUT2D eigenvalue weighted by molar-refractivity contribution is -0.130. The number of rotatable bonds is 8. The molecule has 0 bridgehead atoms. The van der Waals surface area contributed by atoms with Crippen LogP contribution in [0, 0.1) is 6.92 Å². The number of carbonyl (C=O) groups is 2. The molecular formula is C28H34N2O4S. The summed E-state index contributed by atoms with van der Waals surface area (Å²) < 4.78 is 10.6. The van der Waals surface area contributed by atoms with Gasteiger partial charge in [0.15, 0.2) is 11.5 Å². The minimum Gasteiger partial charge on any atom is -0.493 e. The number of nitrogens with zero attached hydrogens (tertiary/aromatic N) is 1. The lowest BCUT2D eigenvalue weighted by atomic mass is 9.92. The van der Waals surface area contributed by atoms with Gasteiger partial charge in [0.1, 0.15) is 0 Å². The average Bonchev–Trinajstić information content (AvgIpc) is 2.87. The van der Waals surface area contributed by atoms with E-state index in [0.29, 0.717) is 41.2 Å². The molecule has 1 saturated heterocycles. The van der Waals surface area contributed by atoms with E-state index in [-0.39, 0.29) is 17.9 Å². The Kier molecular flexibility index (Phi) is 8.39. The third-order valence-electron chi connectivity index (χ3n) is 6.71. The maximum absolute atomic E-state index is 13.4. The lowest BCUT2D eigenvalue weighted by Gasteiger charge is -2.44. The summed E-state index contributed by atoms with van der Waals surface area (Å²) in [6, 6.07) is 14.3. The molecule has 2 fully saturated rings. The van der Waals surface area contributed by atoms with Crippen LogP contribution in [-0.2, 0) is 22.6 Å². The van der Waals surface area contributed by atoms with Crippen LogP contribution in [0.2, 0.25) is 0 Å². The third kappa shape index (κ3) is 6.20. The number of benzene rings is 2. The monoisotopic (exact) mass is 494 g/mol. The summed E-state index contributed by atoms with van der Waals surface area (Å²) >= 11 is 1.59. The smallest absolute Gasteiger partial charge is 0.261 e. The van der Waals surface area contributed by atoms with Crippen molar-refractivity contribution in [3.05, 3.63) is 70.1 Å². The molecule has 0 aromatic heterocycles. The predicted octanol–water partition coefficient (Wildman–Crippen LogP) is 4.64. The number of hydrogen-bond acceptors (Lipinski definition) is 5. The van der Waals surface area contributed by atoms with Gasteiger partial charge in [-0.05, 0) is 49.4 Å². The van der Waals surface area contributed by atoms with Gasteiger partial charge in [0.05, 0.1) is 19.1 Å². The van der Waals surface area contributed by atoms with Crippen molar-refractivity contribution in [1.82, 2.24) is 10.2 Å². The molecular weight excluding hydrogens is 460 g/mol. The number of aryl methyl sites for hydroxylation is 1. The fourth-order valence-electron chi connectivity index (χ4n) is 4.79. The van der Waals surface area contributed by atoms with Crippen LogP contribution in [0.3, 0.4) is 0 Å². The fourth-order valence-corrected chi connectivity index (χ4v) is 6.23. The highest BCUT2D eigenvalue weighted by atomic mass is 32.2. The van der Waals surface area contributed by atoms with Crippen LogP contribution in [0.25, 0.3) is 0 Å². The maximum atomic E-state index is 13.4. The second-order valence-corrected chi connectivity index (χ2v) is 10.4. The second-order valence-electron chi connectivity index (χ2n) is 9.17. The van der Waals surface area contributed by atoms with Crippen molar-refractivity contribution < 1.29 is 19.1 Å². The molecule has 0 spiro atoms. The van der Waals surface area contributed by atoms with Gasteiger partial charge in [0, 0.05) is 30.5 Å². The molecule has 4 rings (SSSR count). The van der Waals surface area contributed by atoms with Gasteiger partial charge in [-0.1, -0.05) is 48.7 Å². The molecule has 2 amide bonds. The molecule has 1 saturated carbocycles. The molecule has 2 aliphatic rings. The van der Waals surface area contributed by atoms with Crippen molar-refractivity contribution in [3.63, 3.8) is 0 Å². The topological polar surface area (TPSA) is 67.9 Å². The van der Waals surface area contributed by atoms with Crippen LogP contribution in [0.4, 0.5) is 0 Å². The number of fused-ring (bicyclic) bond motifs is 1. The number of carbonyl (C=O) groups excluding carboxylic acids is 2. The molecule has 1 heterocycles. The highest BCUT2D eigenvalue weighted by molar-refractivity contribution is 8.04. The van der Waals surface area contributed by atoms with E-state index in [9.17, 15) is 9.59 Å². The van der Waals surface area contributed by atoms with E-state index < -0.39 is 0 Å². The van der Waals surface area contributed by atoms with E-state index in [0.717, 1.165) is 30.4 Å². The Bertz CT molecular complexity index is 1080. The summed E-state index contributed by atoms with van der Waals surface area (Å²) in [6.07, 6.45) is 6.57. The van der Waals surface area contributed by atoms with Crippen molar-refractivity contribution in [1.29, 1.82) is 0 Å². The first-order valence-electron chi connectivity index (χ1n) is 12.2. The van der Waals surface area contributed by atoms with E-state index in [2.05, 4.69) is 36.5 Å². The summed E-state index contributed by atoms with van der Waals surface area (Å²) in [4.78, 5) is 28.7. The van der Waals surface area contributed by atoms with Crippen LogP contribution in [0.1, 0.15) is 42.4 Å². The van der Waals surface area contributed by atoms with Gasteiger partial charge in [-0.15, -0.1) is 11.8 Å². The molecule has 0 radical (unpaired) electrons. The second kappa shape index (κ2) is 11.7. The minimum atomic E-state index is -0.231. The van der Waals surface area contributed by atoms with Gasteiger partial charge in [-0.3, -0.25) is 9.59 Å².